The fraction of sp³-hybridized carbons (Fsp3) is 0.346. The molecule has 12 nitrogen and oxygen atoms in total. The number of hydrogen-bond acceptors (Lipinski definition) is 8. The van der Waals surface area contributed by atoms with Gasteiger partial charge < -0.3 is 20.4 Å². The van der Waals surface area contributed by atoms with Crippen molar-refractivity contribution >= 4 is 36.5 Å². The molecule has 0 fully saturated rings. The number of likely N-dealkylation sites (N-methyl/N-ethyl adjacent to an activating group) is 1. The van der Waals surface area contributed by atoms with E-state index in [0.717, 1.165) is 40.9 Å². The van der Waals surface area contributed by atoms with Crippen LogP contribution in [0.1, 0.15) is 12.0 Å². The zero-order valence-corrected chi connectivity index (χ0v) is 23.5. The van der Waals surface area contributed by atoms with Crippen molar-refractivity contribution < 1.29 is 46.7 Å². The molecule has 0 radical (unpaired) electrons. The average Bonchev–Trinajstić information content (AvgIpc) is 2.97. The fourth-order valence-corrected chi connectivity index (χ4v) is 4.66. The second-order valence-electron chi connectivity index (χ2n) is 8.92. The largest absolute Gasteiger partial charge is 0.474 e. The van der Waals surface area contributed by atoms with Crippen molar-refractivity contribution in [1.82, 2.24) is 15.2 Å². The number of halogens is 2. The highest BCUT2D eigenvalue weighted by molar-refractivity contribution is 7.48. The van der Waals surface area contributed by atoms with Gasteiger partial charge in [0.05, 0.1) is 25.3 Å². The Morgan fingerprint density at radius 2 is 1.78 bits per heavy atom. The van der Waals surface area contributed by atoms with Crippen LogP contribution in [0.2, 0.25) is 0 Å². The molecule has 3 aromatic rings. The molecule has 0 spiro atoms. The summed E-state index contributed by atoms with van der Waals surface area (Å²) in [7, 11) is -0.382. The van der Waals surface area contributed by atoms with Crippen molar-refractivity contribution in [3.05, 3.63) is 71.9 Å². The summed E-state index contributed by atoms with van der Waals surface area (Å²) >= 11 is 0. The first kappa shape index (κ1) is 31.8. The second kappa shape index (κ2) is 14.3. The lowest BCUT2D eigenvalue weighted by Crippen LogP contribution is -2.51. The van der Waals surface area contributed by atoms with Gasteiger partial charge in [-0.3, -0.25) is 18.5 Å². The number of fused-ring (bicyclic) bond motifs is 1. The van der Waals surface area contributed by atoms with Crippen LogP contribution in [0.4, 0.5) is 24.2 Å². The number of benzene rings is 2. The Labute approximate surface area is 235 Å². The molecular formula is C26H31F2N4O8P. The molecule has 0 aliphatic rings. The number of aliphatic hydroxyl groups excluding tert-OH is 1. The van der Waals surface area contributed by atoms with Gasteiger partial charge in [-0.25, -0.2) is 27.9 Å². The first-order valence-corrected chi connectivity index (χ1v) is 13.8. The normalized spacial score (nSPS) is 13.0. The molecule has 0 bridgehead atoms. The van der Waals surface area contributed by atoms with Gasteiger partial charge in [0.2, 0.25) is 0 Å². The smallest absolute Gasteiger partial charge is 0.465 e. The number of rotatable bonds is 13. The van der Waals surface area contributed by atoms with Crippen molar-refractivity contribution in [3.8, 4) is 0 Å². The van der Waals surface area contributed by atoms with E-state index in [2.05, 4.69) is 19.3 Å². The zero-order valence-electron chi connectivity index (χ0n) is 22.6. The van der Waals surface area contributed by atoms with Crippen LogP contribution < -0.4 is 10.2 Å². The van der Waals surface area contributed by atoms with Crippen molar-refractivity contribution in [2.24, 2.45) is 0 Å². The number of hydrogen-bond donors (Lipinski definition) is 3. The molecule has 1 heterocycles. The number of pyridine rings is 1. The van der Waals surface area contributed by atoms with Gasteiger partial charge >= 0.3 is 19.9 Å². The van der Waals surface area contributed by atoms with E-state index in [0.29, 0.717) is 0 Å². The molecule has 41 heavy (non-hydrogen) atoms. The van der Waals surface area contributed by atoms with E-state index in [1.807, 2.05) is 12.1 Å². The van der Waals surface area contributed by atoms with E-state index in [1.54, 1.807) is 18.2 Å². The minimum absolute atomic E-state index is 0.0749. The SMILES string of the molecule is COP(=O)(OC)OC[C@@H](O)C[C@@H](CN(C(=O)O)c1cc2ccccc2cn1)N(C)C(=O)NCc1cccc(F)c1F. The molecule has 0 aliphatic carbocycles. The second-order valence-corrected chi connectivity index (χ2v) is 10.8. The molecular weight excluding hydrogens is 565 g/mol. The minimum Gasteiger partial charge on any atom is -0.465 e. The third-order valence-electron chi connectivity index (χ3n) is 6.26. The molecule has 0 unspecified atom stereocenters. The summed E-state index contributed by atoms with van der Waals surface area (Å²) in [6, 6.07) is 10.6. The van der Waals surface area contributed by atoms with E-state index in [4.69, 9.17) is 4.52 Å². The van der Waals surface area contributed by atoms with Gasteiger partial charge in [-0.05, 0) is 23.9 Å². The maximum Gasteiger partial charge on any atom is 0.474 e. The summed E-state index contributed by atoms with van der Waals surface area (Å²) in [4.78, 5) is 31.6. The lowest BCUT2D eigenvalue weighted by molar-refractivity contribution is 0.0540. The quantitative estimate of drug-likeness (QED) is 0.244. The highest BCUT2D eigenvalue weighted by Gasteiger charge is 2.31. The van der Waals surface area contributed by atoms with E-state index < -0.39 is 50.3 Å². The van der Waals surface area contributed by atoms with Gasteiger partial charge in [-0.1, -0.05) is 36.4 Å². The van der Waals surface area contributed by atoms with E-state index in [-0.39, 0.29) is 30.9 Å². The van der Waals surface area contributed by atoms with Crippen LogP contribution in [0.3, 0.4) is 0 Å². The van der Waals surface area contributed by atoms with Gasteiger partial charge in [-0.2, -0.15) is 0 Å². The number of phosphoric ester groups is 1. The number of nitrogens with one attached hydrogen (secondary N) is 1. The standard InChI is InChI=1S/C26H31F2N4O8P/c1-31(25(34)30-14-19-9-6-10-22(27)24(19)28)20(12-21(33)16-40-41(37,38-2)39-3)15-32(26(35)36)23-11-17-7-4-5-8-18(17)13-29-23/h4-11,13,20-21,33H,12,14-16H2,1-3H3,(H,30,34)(H,35,36)/t20-,21-/m0/s1. The van der Waals surface area contributed by atoms with Crippen molar-refractivity contribution in [2.45, 2.75) is 25.1 Å². The van der Waals surface area contributed by atoms with Crippen LogP contribution in [0.15, 0.2) is 54.7 Å². The van der Waals surface area contributed by atoms with Crippen molar-refractivity contribution in [1.29, 1.82) is 0 Å². The number of nitrogens with zero attached hydrogens (tertiary/aromatic N) is 3. The van der Waals surface area contributed by atoms with Crippen LogP contribution in [-0.4, -0.2) is 78.8 Å². The summed E-state index contributed by atoms with van der Waals surface area (Å²) in [6.45, 7) is -1.23. The number of carbonyl (C=O) groups excluding carboxylic acids is 1. The van der Waals surface area contributed by atoms with Gasteiger partial charge in [-0.15, -0.1) is 0 Å². The summed E-state index contributed by atoms with van der Waals surface area (Å²) in [6.07, 6.45) is -1.46. The fourth-order valence-electron chi connectivity index (χ4n) is 3.94. The van der Waals surface area contributed by atoms with Crippen LogP contribution in [0.25, 0.3) is 10.8 Å². The Hall–Kier alpha value is -3.68. The van der Waals surface area contributed by atoms with E-state index >= 15 is 0 Å². The highest BCUT2D eigenvalue weighted by Crippen LogP contribution is 2.47. The number of anilines is 1. The Morgan fingerprint density at radius 1 is 1.10 bits per heavy atom. The molecule has 2 aromatic carbocycles. The van der Waals surface area contributed by atoms with Crippen LogP contribution in [0, 0.1) is 11.6 Å². The summed E-state index contributed by atoms with van der Waals surface area (Å²) in [5.41, 5.74) is -0.0980. The topological polar surface area (TPSA) is 151 Å². The first-order valence-electron chi connectivity index (χ1n) is 12.3. The third-order valence-corrected chi connectivity index (χ3v) is 7.62. The van der Waals surface area contributed by atoms with E-state index in [9.17, 15) is 33.1 Å². The summed E-state index contributed by atoms with van der Waals surface area (Å²) < 4.78 is 54.3. The Morgan fingerprint density at radius 3 is 2.44 bits per heavy atom. The van der Waals surface area contributed by atoms with Gasteiger partial charge in [0.25, 0.3) is 0 Å². The minimum atomic E-state index is -3.92. The Bertz CT molecular complexity index is 1410. The van der Waals surface area contributed by atoms with Gasteiger partial charge in [0, 0.05) is 45.0 Å². The number of phosphoric acid groups is 1. The lowest BCUT2D eigenvalue weighted by atomic mass is 10.1. The number of urea groups is 1. The maximum atomic E-state index is 14.1. The Balaban J connectivity index is 1.83. The van der Waals surface area contributed by atoms with Crippen LogP contribution in [0.5, 0.6) is 0 Å². The van der Waals surface area contributed by atoms with Crippen LogP contribution in [-0.2, 0) is 24.7 Å². The Kier molecular flexibility index (Phi) is 11.1. The molecule has 1 aromatic heterocycles. The molecule has 0 saturated carbocycles. The summed E-state index contributed by atoms with van der Waals surface area (Å²) in [5, 5.41) is 24.6. The van der Waals surface area contributed by atoms with Gasteiger partial charge in [0.15, 0.2) is 11.6 Å². The zero-order chi connectivity index (χ0) is 30.2. The highest BCUT2D eigenvalue weighted by atomic mass is 31.2. The molecule has 3 N–H and O–H groups in total. The number of aliphatic hydroxyl groups is 1. The molecule has 0 aliphatic heterocycles. The molecule has 2 atom stereocenters. The van der Waals surface area contributed by atoms with Crippen molar-refractivity contribution in [3.63, 3.8) is 0 Å². The maximum absolute atomic E-state index is 14.1. The number of amides is 3. The monoisotopic (exact) mass is 596 g/mol. The molecule has 222 valence electrons. The predicted molar refractivity (Wildman–Crippen MR) is 145 cm³/mol. The number of carboxylic acid groups (broad SMARTS) is 1. The van der Waals surface area contributed by atoms with Crippen molar-refractivity contribution in [2.75, 3.05) is 39.3 Å². The average molecular weight is 597 g/mol. The molecule has 15 heteroatoms. The first-order chi connectivity index (χ1) is 19.5. The third kappa shape index (κ3) is 8.41. The predicted octanol–water partition coefficient (Wildman–Crippen LogP) is 4.38. The number of carbonyl (C=O) groups is 2. The molecule has 0 saturated heterocycles. The molecule has 3 rings (SSSR count). The van der Waals surface area contributed by atoms with Gasteiger partial charge in [0.1, 0.15) is 5.82 Å². The summed E-state index contributed by atoms with van der Waals surface area (Å²) in [5.74, 6) is -2.11. The van der Waals surface area contributed by atoms with Crippen LogP contribution >= 0.6 is 7.82 Å². The van der Waals surface area contributed by atoms with E-state index in [1.165, 1.54) is 25.4 Å². The molecule has 3 amide bonds. The number of aromatic nitrogens is 1. The lowest BCUT2D eigenvalue weighted by Gasteiger charge is -2.33.